The lowest BCUT2D eigenvalue weighted by Crippen LogP contribution is -2.48. The quantitative estimate of drug-likeness (QED) is 0.791. The van der Waals surface area contributed by atoms with Gasteiger partial charge in [0.2, 0.25) is 0 Å². The predicted octanol–water partition coefficient (Wildman–Crippen LogP) is 1.93. The van der Waals surface area contributed by atoms with Gasteiger partial charge in [0.1, 0.15) is 0 Å². The van der Waals surface area contributed by atoms with Gasteiger partial charge >= 0.3 is 12.1 Å². The third kappa shape index (κ3) is 2.33. The number of rotatable bonds is 4. The topological polar surface area (TPSA) is 89.9 Å². The molecule has 0 spiro atoms. The summed E-state index contributed by atoms with van der Waals surface area (Å²) < 4.78 is 0. The zero-order valence-corrected chi connectivity index (χ0v) is 12.3. The molecule has 2 aliphatic rings. The average molecular weight is 304 g/mol. The first kappa shape index (κ1) is 14.8. The highest BCUT2D eigenvalue weighted by molar-refractivity contribution is 5.76. The molecule has 0 aliphatic carbocycles. The Kier molecular flexibility index (Phi) is 3.78. The molecule has 1 aromatic rings. The molecule has 2 heterocycles. The highest BCUT2D eigenvalue weighted by Gasteiger charge is 2.58. The van der Waals surface area contributed by atoms with Crippen molar-refractivity contribution in [3.63, 3.8) is 0 Å². The number of nitrogens with zero attached hydrogens (tertiary/aromatic N) is 1. The van der Waals surface area contributed by atoms with Crippen LogP contribution >= 0.6 is 0 Å². The van der Waals surface area contributed by atoms with Gasteiger partial charge in [-0.3, -0.25) is 9.69 Å². The molecule has 118 valence electrons. The molecule has 0 aromatic heterocycles. The van der Waals surface area contributed by atoms with Crippen LogP contribution in [-0.2, 0) is 4.79 Å². The summed E-state index contributed by atoms with van der Waals surface area (Å²) in [7, 11) is 0. The average Bonchev–Trinajstić information content (AvgIpc) is 3.04. The zero-order chi connectivity index (χ0) is 15.9. The van der Waals surface area contributed by atoms with Gasteiger partial charge in [0, 0.05) is 12.1 Å². The molecule has 2 aliphatic heterocycles. The van der Waals surface area contributed by atoms with Gasteiger partial charge in [-0.2, -0.15) is 0 Å². The maximum Gasteiger partial charge on any atom is 0.407 e. The summed E-state index contributed by atoms with van der Waals surface area (Å²) >= 11 is 0. The number of hydrogen-bond donors (Lipinski definition) is 3. The van der Waals surface area contributed by atoms with E-state index in [-0.39, 0.29) is 18.1 Å². The van der Waals surface area contributed by atoms with Crippen LogP contribution in [0.5, 0.6) is 0 Å². The number of carboxylic acids is 1. The summed E-state index contributed by atoms with van der Waals surface area (Å²) in [6, 6.07) is 8.73. The van der Waals surface area contributed by atoms with E-state index in [4.69, 9.17) is 0 Å². The Hall–Kier alpha value is -2.08. The van der Waals surface area contributed by atoms with E-state index in [9.17, 15) is 19.8 Å². The molecule has 2 saturated heterocycles. The molecule has 6 nitrogen and oxygen atoms in total. The molecular formula is C16H20N2O4. The fourth-order valence-electron chi connectivity index (χ4n) is 3.99. The highest BCUT2D eigenvalue weighted by atomic mass is 16.4. The van der Waals surface area contributed by atoms with Crippen LogP contribution in [0.25, 0.3) is 0 Å². The van der Waals surface area contributed by atoms with Gasteiger partial charge in [-0.25, -0.2) is 4.79 Å². The lowest BCUT2D eigenvalue weighted by atomic mass is 9.84. The largest absolute Gasteiger partial charge is 0.481 e. The smallest absolute Gasteiger partial charge is 0.407 e. The van der Waals surface area contributed by atoms with Crippen molar-refractivity contribution in [1.82, 2.24) is 10.2 Å². The predicted molar refractivity (Wildman–Crippen MR) is 79.6 cm³/mol. The highest BCUT2D eigenvalue weighted by Crippen LogP contribution is 2.42. The molecule has 3 N–H and O–H groups in total. The van der Waals surface area contributed by atoms with Gasteiger partial charge in [-0.15, -0.1) is 0 Å². The first-order valence-electron chi connectivity index (χ1n) is 7.55. The minimum atomic E-state index is -1.02. The summed E-state index contributed by atoms with van der Waals surface area (Å²) in [5.41, 5.74) is 1.07. The van der Waals surface area contributed by atoms with E-state index in [1.54, 1.807) is 0 Å². The van der Waals surface area contributed by atoms with E-state index in [2.05, 4.69) is 5.32 Å². The Morgan fingerprint density at radius 3 is 2.41 bits per heavy atom. The Labute approximate surface area is 128 Å². The molecule has 2 bridgehead atoms. The van der Waals surface area contributed by atoms with Crippen LogP contribution in [0.4, 0.5) is 4.79 Å². The summed E-state index contributed by atoms with van der Waals surface area (Å²) in [5.74, 6) is -1.60. The summed E-state index contributed by atoms with van der Waals surface area (Å²) in [6.45, 7) is 1.98. The van der Waals surface area contributed by atoms with Crippen molar-refractivity contribution < 1.29 is 19.8 Å². The van der Waals surface area contributed by atoms with Crippen molar-refractivity contribution >= 4 is 12.1 Å². The molecule has 0 radical (unpaired) electrons. The number of fused-ring (bicyclic) bond motifs is 2. The zero-order valence-electron chi connectivity index (χ0n) is 12.3. The molecule has 0 saturated carbocycles. The van der Waals surface area contributed by atoms with E-state index in [0.717, 1.165) is 12.0 Å². The van der Waals surface area contributed by atoms with Crippen LogP contribution in [0.1, 0.15) is 31.4 Å². The first-order valence-corrected chi connectivity index (χ1v) is 7.55. The lowest BCUT2D eigenvalue weighted by molar-refractivity contribution is -0.143. The molecule has 6 heteroatoms. The molecule has 5 atom stereocenters. The van der Waals surface area contributed by atoms with Crippen molar-refractivity contribution in [3.8, 4) is 0 Å². The van der Waals surface area contributed by atoms with Crippen molar-refractivity contribution in [2.45, 2.75) is 43.9 Å². The Bertz CT molecular complexity index is 577. The van der Waals surface area contributed by atoms with Crippen LogP contribution in [0, 0.1) is 5.92 Å². The maximum absolute atomic E-state index is 11.6. The monoisotopic (exact) mass is 304 g/mol. The number of aliphatic carboxylic acids is 1. The number of carbonyl (C=O) groups is 2. The summed E-state index contributed by atoms with van der Waals surface area (Å²) in [5, 5.41) is 22.3. The van der Waals surface area contributed by atoms with Crippen molar-refractivity contribution in [1.29, 1.82) is 0 Å². The fourth-order valence-corrected chi connectivity index (χ4v) is 3.99. The van der Waals surface area contributed by atoms with E-state index in [1.165, 1.54) is 4.90 Å². The Balaban J connectivity index is 1.82. The normalized spacial score (nSPS) is 31.2. The number of amides is 1. The van der Waals surface area contributed by atoms with Gasteiger partial charge in [-0.05, 0) is 25.3 Å². The third-order valence-electron chi connectivity index (χ3n) is 4.94. The van der Waals surface area contributed by atoms with Gasteiger partial charge in [0.15, 0.2) is 0 Å². The van der Waals surface area contributed by atoms with Gasteiger partial charge < -0.3 is 15.5 Å². The van der Waals surface area contributed by atoms with E-state index in [0.29, 0.717) is 6.42 Å². The van der Waals surface area contributed by atoms with Crippen LogP contribution in [0.2, 0.25) is 0 Å². The van der Waals surface area contributed by atoms with Gasteiger partial charge in [0.05, 0.1) is 18.0 Å². The number of carboxylic acid groups (broad SMARTS) is 2. The maximum atomic E-state index is 11.6. The standard InChI is InChI=1S/C16H20N2O4/c1-9(10-5-3-2-4-6-10)17-14-12-8-7-11(13(14)15(19)20)18(12)16(21)22/h2-6,9,11-14,17H,7-8H2,1H3,(H,19,20)(H,21,22). The SMILES string of the molecule is CC(NC1C(C(=O)O)C2CCC1N2C(=O)O)c1ccccc1. The van der Waals surface area contributed by atoms with E-state index >= 15 is 0 Å². The van der Waals surface area contributed by atoms with Crippen molar-refractivity contribution in [2.24, 2.45) is 5.92 Å². The molecular weight excluding hydrogens is 284 g/mol. The third-order valence-corrected chi connectivity index (χ3v) is 4.94. The Morgan fingerprint density at radius 1 is 1.18 bits per heavy atom. The summed E-state index contributed by atoms with van der Waals surface area (Å²) in [6.07, 6.45) is 0.335. The van der Waals surface area contributed by atoms with Crippen LogP contribution in [-0.4, -0.2) is 45.3 Å². The van der Waals surface area contributed by atoms with Gasteiger partial charge in [-0.1, -0.05) is 30.3 Å². The van der Waals surface area contributed by atoms with E-state index < -0.39 is 24.0 Å². The van der Waals surface area contributed by atoms with Gasteiger partial charge in [0.25, 0.3) is 0 Å². The summed E-state index contributed by atoms with van der Waals surface area (Å²) in [4.78, 5) is 24.4. The number of nitrogens with one attached hydrogen (secondary N) is 1. The van der Waals surface area contributed by atoms with Crippen molar-refractivity contribution in [3.05, 3.63) is 35.9 Å². The molecule has 1 aromatic carbocycles. The minimum absolute atomic E-state index is 0.0250. The fraction of sp³-hybridized carbons (Fsp3) is 0.500. The molecule has 22 heavy (non-hydrogen) atoms. The van der Waals surface area contributed by atoms with Crippen LogP contribution in [0.15, 0.2) is 30.3 Å². The second-order valence-electron chi connectivity index (χ2n) is 6.09. The van der Waals surface area contributed by atoms with Crippen LogP contribution < -0.4 is 5.32 Å². The Morgan fingerprint density at radius 2 is 1.82 bits per heavy atom. The lowest BCUT2D eigenvalue weighted by Gasteiger charge is -2.30. The van der Waals surface area contributed by atoms with Crippen LogP contribution in [0.3, 0.4) is 0 Å². The first-order chi connectivity index (χ1) is 10.5. The molecule has 3 rings (SSSR count). The molecule has 1 amide bonds. The second-order valence-corrected chi connectivity index (χ2v) is 6.09. The molecule has 5 unspecified atom stereocenters. The minimum Gasteiger partial charge on any atom is -0.481 e. The second kappa shape index (κ2) is 5.61. The number of benzene rings is 1. The van der Waals surface area contributed by atoms with Crippen molar-refractivity contribution in [2.75, 3.05) is 0 Å². The van der Waals surface area contributed by atoms with E-state index in [1.807, 2.05) is 37.3 Å². The molecule has 2 fully saturated rings. The number of hydrogen-bond acceptors (Lipinski definition) is 3.